The summed E-state index contributed by atoms with van der Waals surface area (Å²) in [6, 6.07) is 17.2. The van der Waals surface area contributed by atoms with Crippen molar-refractivity contribution >= 4 is 11.7 Å². The normalized spacial score (nSPS) is 15.5. The molecule has 2 heterocycles. The number of benzene rings is 2. The first-order valence-corrected chi connectivity index (χ1v) is 11.3. The maximum Gasteiger partial charge on any atom is 0.290 e. The first-order valence-electron chi connectivity index (χ1n) is 11.3. The van der Waals surface area contributed by atoms with Gasteiger partial charge in [-0.2, -0.15) is 0 Å². The van der Waals surface area contributed by atoms with E-state index in [1.807, 2.05) is 37.3 Å². The van der Waals surface area contributed by atoms with Gasteiger partial charge in [0.2, 0.25) is 5.78 Å². The maximum atomic E-state index is 13.2. The van der Waals surface area contributed by atoms with E-state index in [2.05, 4.69) is 0 Å². The summed E-state index contributed by atoms with van der Waals surface area (Å²) in [4.78, 5) is 27.6. The van der Waals surface area contributed by atoms with Gasteiger partial charge in [-0.1, -0.05) is 36.4 Å². The predicted octanol–water partition coefficient (Wildman–Crippen LogP) is 4.48. The van der Waals surface area contributed by atoms with Crippen molar-refractivity contribution in [2.75, 3.05) is 26.9 Å². The van der Waals surface area contributed by atoms with Crippen molar-refractivity contribution in [2.24, 2.45) is 0 Å². The molecule has 182 valence electrons. The molecule has 8 heteroatoms. The second-order valence-corrected chi connectivity index (χ2v) is 7.88. The lowest BCUT2D eigenvalue weighted by molar-refractivity contribution is -0.130. The van der Waals surface area contributed by atoms with Gasteiger partial charge in [0.1, 0.15) is 6.61 Å². The van der Waals surface area contributed by atoms with Gasteiger partial charge in [0, 0.05) is 13.7 Å². The van der Waals surface area contributed by atoms with Gasteiger partial charge < -0.3 is 28.6 Å². The van der Waals surface area contributed by atoms with Crippen LogP contribution in [0, 0.1) is 0 Å². The molecule has 0 saturated heterocycles. The standard InChI is InChI=1S/C27H27NO7/c1-3-33-22-16-19(11-12-20(22)35-17-18-8-5-4-6-9-18)24-23(25(29)21-10-7-14-34-21)26(30)27(31)28(24)13-15-32-2/h4-12,14,16,24,30H,3,13,15,17H2,1-2H3. The van der Waals surface area contributed by atoms with Crippen LogP contribution in [0.15, 0.2) is 82.7 Å². The number of rotatable bonds is 11. The van der Waals surface area contributed by atoms with E-state index < -0.39 is 23.5 Å². The van der Waals surface area contributed by atoms with E-state index in [1.165, 1.54) is 24.3 Å². The van der Waals surface area contributed by atoms with Crippen LogP contribution < -0.4 is 9.47 Å². The average molecular weight is 478 g/mol. The summed E-state index contributed by atoms with van der Waals surface area (Å²) < 4.78 is 22.2. The molecule has 3 aromatic rings. The summed E-state index contributed by atoms with van der Waals surface area (Å²) in [5, 5.41) is 10.7. The number of hydrogen-bond acceptors (Lipinski definition) is 7. The third-order valence-corrected chi connectivity index (χ3v) is 5.65. The Kier molecular flexibility index (Phi) is 7.52. The minimum absolute atomic E-state index is 0.0331. The number of aliphatic hydroxyl groups excluding tert-OH is 1. The summed E-state index contributed by atoms with van der Waals surface area (Å²) in [5.41, 5.74) is 1.54. The Morgan fingerprint density at radius 2 is 1.86 bits per heavy atom. The minimum Gasteiger partial charge on any atom is -0.503 e. The number of hydrogen-bond donors (Lipinski definition) is 1. The molecule has 1 amide bonds. The van der Waals surface area contributed by atoms with Crippen LogP contribution >= 0.6 is 0 Å². The average Bonchev–Trinajstić information content (AvgIpc) is 3.50. The summed E-state index contributed by atoms with van der Waals surface area (Å²) in [5.74, 6) is -0.784. The van der Waals surface area contributed by atoms with E-state index in [-0.39, 0.29) is 24.5 Å². The molecule has 0 saturated carbocycles. The highest BCUT2D eigenvalue weighted by Gasteiger charge is 2.44. The Balaban J connectivity index is 1.71. The Labute approximate surface area is 203 Å². The van der Waals surface area contributed by atoms with Gasteiger partial charge in [-0.15, -0.1) is 0 Å². The number of aliphatic hydroxyl groups is 1. The number of methoxy groups -OCH3 is 1. The summed E-state index contributed by atoms with van der Waals surface area (Å²) in [7, 11) is 1.52. The summed E-state index contributed by atoms with van der Waals surface area (Å²) in [6.07, 6.45) is 1.37. The molecule has 0 spiro atoms. The number of ether oxygens (including phenoxy) is 3. The molecule has 0 radical (unpaired) electrons. The number of carbonyl (C=O) groups is 2. The van der Waals surface area contributed by atoms with Crippen molar-refractivity contribution in [3.8, 4) is 11.5 Å². The van der Waals surface area contributed by atoms with Crippen LogP contribution in [-0.2, 0) is 16.1 Å². The molecule has 4 rings (SSSR count). The van der Waals surface area contributed by atoms with Gasteiger partial charge in [0.05, 0.1) is 31.1 Å². The fourth-order valence-corrected chi connectivity index (χ4v) is 4.01. The van der Waals surface area contributed by atoms with Gasteiger partial charge in [-0.05, 0) is 42.3 Å². The zero-order valence-corrected chi connectivity index (χ0v) is 19.6. The molecule has 1 N–H and O–H groups in total. The molecule has 8 nitrogen and oxygen atoms in total. The van der Waals surface area contributed by atoms with Crippen molar-refractivity contribution in [1.29, 1.82) is 0 Å². The zero-order chi connectivity index (χ0) is 24.8. The van der Waals surface area contributed by atoms with Crippen molar-refractivity contribution in [3.63, 3.8) is 0 Å². The molecular weight excluding hydrogens is 450 g/mol. The third-order valence-electron chi connectivity index (χ3n) is 5.65. The first kappa shape index (κ1) is 24.1. The molecule has 0 fully saturated rings. The van der Waals surface area contributed by atoms with Crippen molar-refractivity contribution in [2.45, 2.75) is 19.6 Å². The zero-order valence-electron chi connectivity index (χ0n) is 19.6. The SMILES string of the molecule is CCOc1cc(C2C(C(=O)c3ccco3)=C(O)C(=O)N2CCOC)ccc1OCc1ccccc1. The van der Waals surface area contributed by atoms with Crippen LogP contribution in [0.2, 0.25) is 0 Å². The number of nitrogens with zero attached hydrogens (tertiary/aromatic N) is 1. The molecule has 1 aliphatic heterocycles. The van der Waals surface area contributed by atoms with Gasteiger partial charge in [0.25, 0.3) is 5.91 Å². The minimum atomic E-state index is -0.849. The van der Waals surface area contributed by atoms with Crippen LogP contribution in [0.5, 0.6) is 11.5 Å². The number of amides is 1. The highest BCUT2D eigenvalue weighted by molar-refractivity contribution is 6.15. The Hall–Kier alpha value is -4.04. The van der Waals surface area contributed by atoms with Gasteiger partial charge >= 0.3 is 0 Å². The molecular formula is C27H27NO7. The van der Waals surface area contributed by atoms with Crippen LogP contribution in [0.1, 0.15) is 34.6 Å². The van der Waals surface area contributed by atoms with Crippen LogP contribution in [0.4, 0.5) is 0 Å². The summed E-state index contributed by atoms with van der Waals surface area (Å²) in [6.45, 7) is 3.01. The maximum absolute atomic E-state index is 13.2. The molecule has 1 unspecified atom stereocenters. The molecule has 1 aliphatic rings. The molecule has 0 aliphatic carbocycles. The number of ketones is 1. The highest BCUT2D eigenvalue weighted by Crippen LogP contribution is 2.41. The van der Waals surface area contributed by atoms with E-state index in [4.69, 9.17) is 18.6 Å². The van der Waals surface area contributed by atoms with Crippen LogP contribution in [-0.4, -0.2) is 48.6 Å². The van der Waals surface area contributed by atoms with Crippen molar-refractivity contribution in [3.05, 3.63) is 95.1 Å². The Morgan fingerprint density at radius 1 is 1.06 bits per heavy atom. The molecule has 35 heavy (non-hydrogen) atoms. The monoisotopic (exact) mass is 477 g/mol. The fraction of sp³-hybridized carbons (Fsp3) is 0.259. The Morgan fingerprint density at radius 3 is 2.54 bits per heavy atom. The van der Waals surface area contributed by atoms with Gasteiger partial charge in [-0.3, -0.25) is 9.59 Å². The number of carbonyl (C=O) groups excluding carboxylic acids is 2. The lowest BCUT2D eigenvalue weighted by Crippen LogP contribution is -2.34. The number of Topliss-reactive ketones (excluding diaryl/α,β-unsaturated/α-hetero) is 1. The largest absolute Gasteiger partial charge is 0.503 e. The molecule has 2 aromatic carbocycles. The van der Waals surface area contributed by atoms with Crippen molar-refractivity contribution < 1.29 is 33.3 Å². The van der Waals surface area contributed by atoms with Crippen LogP contribution in [0.3, 0.4) is 0 Å². The van der Waals surface area contributed by atoms with Gasteiger partial charge in [0.15, 0.2) is 23.0 Å². The quantitative estimate of drug-likeness (QED) is 0.407. The van der Waals surface area contributed by atoms with Crippen molar-refractivity contribution in [1.82, 2.24) is 4.90 Å². The molecule has 0 bridgehead atoms. The third kappa shape index (κ3) is 5.07. The topological polar surface area (TPSA) is 98.4 Å². The fourth-order valence-electron chi connectivity index (χ4n) is 4.01. The van der Waals surface area contributed by atoms with E-state index in [0.717, 1.165) is 5.56 Å². The van der Waals surface area contributed by atoms with E-state index >= 15 is 0 Å². The second kappa shape index (κ2) is 10.9. The Bertz CT molecular complexity index is 1200. The van der Waals surface area contributed by atoms with Crippen LogP contribution in [0.25, 0.3) is 0 Å². The van der Waals surface area contributed by atoms with Gasteiger partial charge in [-0.25, -0.2) is 0 Å². The first-order chi connectivity index (χ1) is 17.0. The lowest BCUT2D eigenvalue weighted by Gasteiger charge is -2.27. The number of furan rings is 1. The summed E-state index contributed by atoms with van der Waals surface area (Å²) >= 11 is 0. The lowest BCUT2D eigenvalue weighted by atomic mass is 9.94. The van der Waals surface area contributed by atoms with E-state index in [9.17, 15) is 14.7 Å². The second-order valence-electron chi connectivity index (χ2n) is 7.88. The van der Waals surface area contributed by atoms with E-state index in [1.54, 1.807) is 24.3 Å². The predicted molar refractivity (Wildman–Crippen MR) is 127 cm³/mol. The molecule has 1 atom stereocenters. The highest BCUT2D eigenvalue weighted by atomic mass is 16.5. The molecule has 1 aromatic heterocycles. The van der Waals surface area contributed by atoms with E-state index in [0.29, 0.717) is 30.3 Å². The smallest absolute Gasteiger partial charge is 0.290 e.